The lowest BCUT2D eigenvalue weighted by atomic mass is 10.0. The van der Waals surface area contributed by atoms with E-state index in [9.17, 15) is 0 Å². The third-order valence-electron chi connectivity index (χ3n) is 3.01. The van der Waals surface area contributed by atoms with E-state index in [0.717, 1.165) is 27.5 Å². The third-order valence-corrected chi connectivity index (χ3v) is 3.24. The molecule has 100 valence electrons. The Balaban J connectivity index is 2.19. The van der Waals surface area contributed by atoms with E-state index < -0.39 is 0 Å². The number of aryl methyl sites for hydroxylation is 1. The highest BCUT2D eigenvalue weighted by atomic mass is 35.5. The summed E-state index contributed by atoms with van der Waals surface area (Å²) < 4.78 is 5.93. The van der Waals surface area contributed by atoms with Crippen molar-refractivity contribution < 1.29 is 4.74 Å². The fraction of sp³-hybridized carbons (Fsp3) is 0.250. The van der Waals surface area contributed by atoms with E-state index in [0.29, 0.717) is 6.61 Å². The van der Waals surface area contributed by atoms with Crippen LogP contribution in [0.1, 0.15) is 29.7 Å². The Morgan fingerprint density at radius 3 is 2.63 bits per heavy atom. The molecule has 0 spiro atoms. The predicted molar refractivity (Wildman–Crippen MR) is 79.6 cm³/mol. The van der Waals surface area contributed by atoms with Crippen molar-refractivity contribution in [1.29, 1.82) is 0 Å². The highest BCUT2D eigenvalue weighted by Crippen LogP contribution is 2.28. The number of para-hydroxylation sites is 1. The molecule has 2 nitrogen and oxygen atoms in total. The molecule has 0 heterocycles. The summed E-state index contributed by atoms with van der Waals surface area (Å²) in [5.41, 5.74) is 9.15. The predicted octanol–water partition coefficient (Wildman–Crippen LogP) is 4.25. The molecule has 0 radical (unpaired) electrons. The highest BCUT2D eigenvalue weighted by Gasteiger charge is 2.10. The van der Waals surface area contributed by atoms with Gasteiger partial charge in [-0.1, -0.05) is 41.9 Å². The van der Waals surface area contributed by atoms with Gasteiger partial charge in [0.25, 0.3) is 0 Å². The molecule has 0 amide bonds. The van der Waals surface area contributed by atoms with E-state index in [2.05, 4.69) is 0 Å². The van der Waals surface area contributed by atoms with E-state index in [1.807, 2.05) is 56.3 Å². The molecule has 2 rings (SSSR count). The van der Waals surface area contributed by atoms with E-state index in [1.54, 1.807) is 0 Å². The van der Waals surface area contributed by atoms with Crippen LogP contribution >= 0.6 is 11.6 Å². The van der Waals surface area contributed by atoms with E-state index in [4.69, 9.17) is 22.1 Å². The Morgan fingerprint density at radius 2 is 1.95 bits per heavy atom. The molecule has 2 aromatic rings. The molecular formula is C16H18ClNO. The summed E-state index contributed by atoms with van der Waals surface area (Å²) in [5, 5.41) is 0.721. The number of hydrogen-bond acceptors (Lipinski definition) is 2. The smallest absolute Gasteiger partial charge is 0.127 e. The molecule has 19 heavy (non-hydrogen) atoms. The van der Waals surface area contributed by atoms with Crippen LogP contribution in [0.15, 0.2) is 42.5 Å². The van der Waals surface area contributed by atoms with Gasteiger partial charge in [0.05, 0.1) is 0 Å². The zero-order valence-electron chi connectivity index (χ0n) is 11.2. The molecule has 2 aromatic carbocycles. The van der Waals surface area contributed by atoms with Crippen LogP contribution in [0.25, 0.3) is 0 Å². The van der Waals surface area contributed by atoms with Crippen LogP contribution in [0.3, 0.4) is 0 Å². The van der Waals surface area contributed by atoms with Crippen LogP contribution in [0.4, 0.5) is 0 Å². The summed E-state index contributed by atoms with van der Waals surface area (Å²) in [7, 11) is 0. The quantitative estimate of drug-likeness (QED) is 0.905. The monoisotopic (exact) mass is 275 g/mol. The van der Waals surface area contributed by atoms with E-state index in [1.165, 1.54) is 0 Å². The Bertz CT molecular complexity index is 566. The summed E-state index contributed by atoms with van der Waals surface area (Å²) in [6.45, 7) is 4.48. The second-order valence-electron chi connectivity index (χ2n) is 4.70. The molecule has 3 heteroatoms. The van der Waals surface area contributed by atoms with E-state index >= 15 is 0 Å². The molecule has 1 unspecified atom stereocenters. The standard InChI is InChI=1S/C16H18ClNO/c1-11-5-3-8-15(12(2)18)16(11)19-10-13-6-4-7-14(17)9-13/h3-9,12H,10,18H2,1-2H3. The van der Waals surface area contributed by atoms with Gasteiger partial charge in [0, 0.05) is 16.6 Å². The summed E-state index contributed by atoms with van der Waals surface area (Å²) in [6.07, 6.45) is 0. The molecule has 0 saturated carbocycles. The first-order chi connectivity index (χ1) is 9.08. The summed E-state index contributed by atoms with van der Waals surface area (Å²) in [6, 6.07) is 13.7. The minimum atomic E-state index is -0.0470. The second-order valence-corrected chi connectivity index (χ2v) is 5.14. The van der Waals surface area contributed by atoms with Crippen LogP contribution in [0, 0.1) is 6.92 Å². The SMILES string of the molecule is Cc1cccc(C(C)N)c1OCc1cccc(Cl)c1. The Hall–Kier alpha value is -1.51. The molecule has 0 saturated heterocycles. The average molecular weight is 276 g/mol. The van der Waals surface area contributed by atoms with Gasteiger partial charge in [0.2, 0.25) is 0 Å². The van der Waals surface area contributed by atoms with Gasteiger partial charge >= 0.3 is 0 Å². The second kappa shape index (κ2) is 6.09. The van der Waals surface area contributed by atoms with Crippen molar-refractivity contribution in [2.75, 3.05) is 0 Å². The van der Waals surface area contributed by atoms with Crippen molar-refractivity contribution in [3.8, 4) is 5.75 Å². The van der Waals surface area contributed by atoms with Crippen LogP contribution in [-0.4, -0.2) is 0 Å². The van der Waals surface area contributed by atoms with E-state index in [-0.39, 0.29) is 6.04 Å². The lowest BCUT2D eigenvalue weighted by molar-refractivity contribution is 0.299. The molecule has 0 aliphatic carbocycles. The molecule has 0 aliphatic rings. The Morgan fingerprint density at radius 1 is 1.21 bits per heavy atom. The molecule has 1 atom stereocenters. The number of nitrogens with two attached hydrogens (primary N) is 1. The van der Waals surface area contributed by atoms with Gasteiger partial charge in [-0.05, 0) is 37.1 Å². The van der Waals surface area contributed by atoms with Crippen molar-refractivity contribution in [3.05, 3.63) is 64.2 Å². The number of halogens is 1. The van der Waals surface area contributed by atoms with Crippen LogP contribution in [0.5, 0.6) is 5.75 Å². The fourth-order valence-electron chi connectivity index (χ4n) is 2.01. The first kappa shape index (κ1) is 13.9. The number of hydrogen-bond donors (Lipinski definition) is 1. The van der Waals surface area contributed by atoms with Gasteiger partial charge in [-0.2, -0.15) is 0 Å². The van der Waals surface area contributed by atoms with Gasteiger partial charge in [0.15, 0.2) is 0 Å². The van der Waals surface area contributed by atoms with Crippen molar-refractivity contribution in [2.24, 2.45) is 5.73 Å². The molecule has 2 N–H and O–H groups in total. The maximum atomic E-state index is 5.98. The van der Waals surface area contributed by atoms with Gasteiger partial charge in [-0.25, -0.2) is 0 Å². The molecule has 0 aliphatic heterocycles. The normalized spacial score (nSPS) is 12.2. The lowest BCUT2D eigenvalue weighted by Gasteiger charge is -2.16. The first-order valence-electron chi connectivity index (χ1n) is 6.30. The van der Waals surface area contributed by atoms with Crippen molar-refractivity contribution >= 4 is 11.6 Å². The maximum absolute atomic E-state index is 5.98. The lowest BCUT2D eigenvalue weighted by Crippen LogP contribution is -2.09. The number of benzene rings is 2. The van der Waals surface area contributed by atoms with Crippen LogP contribution in [0.2, 0.25) is 5.02 Å². The Labute approximate surface area is 119 Å². The average Bonchev–Trinajstić information content (AvgIpc) is 2.37. The zero-order valence-corrected chi connectivity index (χ0v) is 11.9. The van der Waals surface area contributed by atoms with Gasteiger partial charge < -0.3 is 10.5 Å². The minimum absolute atomic E-state index is 0.0470. The van der Waals surface area contributed by atoms with Crippen molar-refractivity contribution in [3.63, 3.8) is 0 Å². The molecule has 0 bridgehead atoms. The minimum Gasteiger partial charge on any atom is -0.488 e. The van der Waals surface area contributed by atoms with Crippen molar-refractivity contribution in [2.45, 2.75) is 26.5 Å². The summed E-state index contributed by atoms with van der Waals surface area (Å²) in [4.78, 5) is 0. The Kier molecular flexibility index (Phi) is 4.46. The van der Waals surface area contributed by atoms with Gasteiger partial charge in [0.1, 0.15) is 12.4 Å². The number of ether oxygens (including phenoxy) is 1. The zero-order chi connectivity index (χ0) is 13.8. The van der Waals surface area contributed by atoms with Gasteiger partial charge in [-0.15, -0.1) is 0 Å². The topological polar surface area (TPSA) is 35.2 Å². The first-order valence-corrected chi connectivity index (χ1v) is 6.68. The highest BCUT2D eigenvalue weighted by molar-refractivity contribution is 6.30. The molecule has 0 aromatic heterocycles. The maximum Gasteiger partial charge on any atom is 0.127 e. The van der Waals surface area contributed by atoms with Crippen LogP contribution in [-0.2, 0) is 6.61 Å². The van der Waals surface area contributed by atoms with Gasteiger partial charge in [-0.3, -0.25) is 0 Å². The van der Waals surface area contributed by atoms with Crippen molar-refractivity contribution in [1.82, 2.24) is 0 Å². The van der Waals surface area contributed by atoms with Crippen LogP contribution < -0.4 is 10.5 Å². The molecular weight excluding hydrogens is 258 g/mol. The fourth-order valence-corrected chi connectivity index (χ4v) is 2.23. The summed E-state index contributed by atoms with van der Waals surface area (Å²) >= 11 is 5.96. The largest absolute Gasteiger partial charge is 0.488 e. The molecule has 0 fully saturated rings. The summed E-state index contributed by atoms with van der Waals surface area (Å²) in [5.74, 6) is 0.873. The third kappa shape index (κ3) is 3.49. The number of rotatable bonds is 4.